The molecule has 2 radical (unpaired) electrons. The van der Waals surface area contributed by atoms with Gasteiger partial charge in [-0.25, -0.2) is 0 Å². The smallest absolute Gasteiger partial charge is 0.0928 e. The van der Waals surface area contributed by atoms with Crippen LogP contribution in [0.15, 0.2) is 0 Å². The Bertz CT molecular complexity index is 106. The minimum absolute atomic E-state index is 0.216. The van der Waals surface area contributed by atoms with Gasteiger partial charge in [-0.3, -0.25) is 0 Å². The number of nitrogens with one attached hydrogen (secondary N) is 1. The molecule has 0 amide bonds. The molecule has 1 fully saturated rings. The third kappa shape index (κ3) is 1.73. The third-order valence-electron chi connectivity index (χ3n) is 1.99. The molecular formula is C7H15BN2. The largest absolute Gasteiger partial charge is 0.315 e. The van der Waals surface area contributed by atoms with Crippen LogP contribution < -0.4 is 5.32 Å². The number of rotatable bonds is 1. The van der Waals surface area contributed by atoms with Crippen LogP contribution in [0.2, 0.25) is 0 Å². The first kappa shape index (κ1) is 8.09. The highest BCUT2D eigenvalue weighted by molar-refractivity contribution is 6.12. The van der Waals surface area contributed by atoms with Crippen molar-refractivity contribution in [3.05, 3.63) is 0 Å². The topological polar surface area (TPSA) is 15.3 Å². The second kappa shape index (κ2) is 3.40. The average Bonchev–Trinajstić information content (AvgIpc) is 1.88. The molecule has 3 heteroatoms. The van der Waals surface area contributed by atoms with Gasteiger partial charge >= 0.3 is 0 Å². The normalized spacial score (nSPS) is 29.3. The molecule has 10 heavy (non-hydrogen) atoms. The second-order valence-corrected chi connectivity index (χ2v) is 3.10. The first-order valence-electron chi connectivity index (χ1n) is 3.94. The molecule has 0 spiro atoms. The molecule has 0 aromatic heterocycles. The summed E-state index contributed by atoms with van der Waals surface area (Å²) in [5.41, 5.74) is 0. The fraction of sp³-hybridized carbons (Fsp3) is 1.00. The van der Waals surface area contributed by atoms with Crippen molar-refractivity contribution in [2.45, 2.75) is 25.8 Å². The Kier molecular flexibility index (Phi) is 2.75. The first-order chi connectivity index (χ1) is 4.72. The highest BCUT2D eigenvalue weighted by atomic mass is 15.2. The van der Waals surface area contributed by atoms with Gasteiger partial charge in [0.1, 0.15) is 0 Å². The molecule has 1 N–H and O–H groups in total. The van der Waals surface area contributed by atoms with E-state index in [1.54, 1.807) is 0 Å². The summed E-state index contributed by atoms with van der Waals surface area (Å²) in [5.74, 6) is 0.216. The molecule has 1 rings (SSSR count). The number of hydrogen-bond acceptors (Lipinski definition) is 2. The molecule has 0 aromatic rings. The number of nitrogens with zero attached hydrogens (tertiary/aromatic N) is 1. The Morgan fingerprint density at radius 3 is 2.70 bits per heavy atom. The maximum absolute atomic E-state index is 5.84. The summed E-state index contributed by atoms with van der Waals surface area (Å²) in [6.07, 6.45) is 0. The van der Waals surface area contributed by atoms with Crippen molar-refractivity contribution in [1.82, 2.24) is 10.2 Å². The summed E-state index contributed by atoms with van der Waals surface area (Å²) in [7, 11) is 5.84. The molecule has 0 aliphatic carbocycles. The number of hydrogen-bond donors (Lipinski definition) is 1. The van der Waals surface area contributed by atoms with Crippen LogP contribution in [0.1, 0.15) is 13.8 Å². The summed E-state index contributed by atoms with van der Waals surface area (Å²) in [6, 6.07) is 0.581. The van der Waals surface area contributed by atoms with E-state index in [0.717, 1.165) is 19.6 Å². The molecule has 0 saturated carbocycles. The monoisotopic (exact) mass is 138 g/mol. The zero-order valence-electron chi connectivity index (χ0n) is 6.80. The molecule has 1 heterocycles. The summed E-state index contributed by atoms with van der Waals surface area (Å²) in [6.45, 7) is 7.46. The minimum Gasteiger partial charge on any atom is -0.315 e. The first-order valence-corrected chi connectivity index (χ1v) is 3.94. The Hall–Kier alpha value is -0.0151. The van der Waals surface area contributed by atoms with Crippen LogP contribution in [-0.4, -0.2) is 44.4 Å². The Balaban J connectivity index is 2.40. The molecule has 1 atom stereocenters. The highest BCUT2D eigenvalue weighted by Gasteiger charge is 2.18. The summed E-state index contributed by atoms with van der Waals surface area (Å²) in [4.78, 5) is 2.32. The van der Waals surface area contributed by atoms with E-state index in [2.05, 4.69) is 24.1 Å². The lowest BCUT2D eigenvalue weighted by atomic mass is 9.92. The van der Waals surface area contributed by atoms with E-state index in [4.69, 9.17) is 7.85 Å². The second-order valence-electron chi connectivity index (χ2n) is 3.10. The summed E-state index contributed by atoms with van der Waals surface area (Å²) < 4.78 is 0. The van der Waals surface area contributed by atoms with Crippen molar-refractivity contribution in [2.75, 3.05) is 19.6 Å². The van der Waals surface area contributed by atoms with Gasteiger partial charge in [0.15, 0.2) is 0 Å². The van der Waals surface area contributed by atoms with Gasteiger partial charge in [-0.15, -0.1) is 0 Å². The van der Waals surface area contributed by atoms with Gasteiger partial charge in [-0.05, 0) is 19.8 Å². The van der Waals surface area contributed by atoms with Gasteiger partial charge in [0, 0.05) is 25.7 Å². The molecule has 1 unspecified atom stereocenters. The van der Waals surface area contributed by atoms with Crippen molar-refractivity contribution in [2.24, 2.45) is 0 Å². The van der Waals surface area contributed by atoms with Crippen LogP contribution in [0, 0.1) is 0 Å². The van der Waals surface area contributed by atoms with E-state index < -0.39 is 0 Å². The van der Waals surface area contributed by atoms with E-state index in [0.29, 0.717) is 6.04 Å². The van der Waals surface area contributed by atoms with Crippen LogP contribution in [0.25, 0.3) is 0 Å². The van der Waals surface area contributed by atoms with Gasteiger partial charge in [-0.2, -0.15) is 0 Å². The lowest BCUT2D eigenvalue weighted by molar-refractivity contribution is 0.171. The van der Waals surface area contributed by atoms with Crippen molar-refractivity contribution >= 4 is 7.85 Å². The predicted octanol–water partition coefficient (Wildman–Crippen LogP) is -0.205. The molecule has 0 aromatic carbocycles. The van der Waals surface area contributed by atoms with Crippen molar-refractivity contribution in [1.29, 1.82) is 0 Å². The third-order valence-corrected chi connectivity index (χ3v) is 1.99. The van der Waals surface area contributed by atoms with Crippen LogP contribution in [-0.2, 0) is 0 Å². The minimum atomic E-state index is 0.216. The molecule has 1 aliphatic rings. The summed E-state index contributed by atoms with van der Waals surface area (Å²) >= 11 is 0. The molecule has 56 valence electrons. The Morgan fingerprint density at radius 1 is 1.60 bits per heavy atom. The Labute approximate surface area is 64.4 Å². The zero-order chi connectivity index (χ0) is 7.56. The number of piperazine rings is 1. The predicted molar refractivity (Wildman–Crippen MR) is 44.3 cm³/mol. The molecular weight excluding hydrogens is 123 g/mol. The molecule has 0 bridgehead atoms. The fourth-order valence-electron chi connectivity index (χ4n) is 1.38. The van der Waals surface area contributed by atoms with Gasteiger partial charge in [0.25, 0.3) is 0 Å². The van der Waals surface area contributed by atoms with E-state index in [-0.39, 0.29) is 5.94 Å². The van der Waals surface area contributed by atoms with Gasteiger partial charge < -0.3 is 10.2 Å². The fourth-order valence-corrected chi connectivity index (χ4v) is 1.38. The van der Waals surface area contributed by atoms with Crippen LogP contribution in [0.3, 0.4) is 0 Å². The van der Waals surface area contributed by atoms with E-state index >= 15 is 0 Å². The van der Waals surface area contributed by atoms with Crippen molar-refractivity contribution in [3.63, 3.8) is 0 Å². The molecule has 2 nitrogen and oxygen atoms in total. The van der Waals surface area contributed by atoms with E-state index in [9.17, 15) is 0 Å². The average molecular weight is 138 g/mol. The van der Waals surface area contributed by atoms with Gasteiger partial charge in [0.05, 0.1) is 7.85 Å². The zero-order valence-corrected chi connectivity index (χ0v) is 6.80. The van der Waals surface area contributed by atoms with Crippen LogP contribution in [0.5, 0.6) is 0 Å². The van der Waals surface area contributed by atoms with E-state index in [1.165, 1.54) is 0 Å². The quantitative estimate of drug-likeness (QED) is 0.504. The molecule has 1 saturated heterocycles. The lowest BCUT2D eigenvalue weighted by Gasteiger charge is -2.37. The van der Waals surface area contributed by atoms with Crippen LogP contribution in [0.4, 0.5) is 0 Å². The van der Waals surface area contributed by atoms with Crippen molar-refractivity contribution < 1.29 is 0 Å². The molecule has 1 aliphatic heterocycles. The SMILES string of the molecule is [B]C1CNCCN1C(C)C. The summed E-state index contributed by atoms with van der Waals surface area (Å²) in [5, 5.41) is 3.25. The van der Waals surface area contributed by atoms with Crippen LogP contribution >= 0.6 is 0 Å². The Morgan fingerprint density at radius 2 is 2.30 bits per heavy atom. The maximum atomic E-state index is 5.84. The standard InChI is InChI=1S/C7H15BN2/c1-6(2)10-4-3-9-5-7(10)8/h6-7,9H,3-5H2,1-2H3. The van der Waals surface area contributed by atoms with Gasteiger partial charge in [-0.1, -0.05) is 0 Å². The maximum Gasteiger partial charge on any atom is 0.0928 e. The lowest BCUT2D eigenvalue weighted by Crippen LogP contribution is -2.54. The van der Waals surface area contributed by atoms with E-state index in [1.807, 2.05) is 0 Å². The van der Waals surface area contributed by atoms with Gasteiger partial charge in [0.2, 0.25) is 0 Å². The van der Waals surface area contributed by atoms with Crippen molar-refractivity contribution in [3.8, 4) is 0 Å². The highest BCUT2D eigenvalue weighted by Crippen LogP contribution is 2.04.